The molecule has 30 heavy (non-hydrogen) atoms. The molecule has 7 heteroatoms. The third-order valence-electron chi connectivity index (χ3n) is 5.93. The Balaban J connectivity index is 1.42. The standard InChI is InChI=1S/C23H29N3O3S/c27-23(24-19-11-13-21(14-12-19)26-15-4-1-5-16-26)18-7-6-10-22(17-18)30(28,29)25-20-8-2-3-9-20/h6-7,10-14,17,20,25H,1-5,8-9,15-16H2,(H,24,27). The topological polar surface area (TPSA) is 78.5 Å². The van der Waals surface area contributed by atoms with Crippen LogP contribution in [-0.2, 0) is 10.0 Å². The molecular weight excluding hydrogens is 398 g/mol. The van der Waals surface area contributed by atoms with Crippen LogP contribution < -0.4 is 14.9 Å². The lowest BCUT2D eigenvalue weighted by Gasteiger charge is -2.28. The van der Waals surface area contributed by atoms with E-state index in [0.717, 1.165) is 38.8 Å². The van der Waals surface area contributed by atoms with Crippen molar-refractivity contribution in [2.24, 2.45) is 0 Å². The summed E-state index contributed by atoms with van der Waals surface area (Å²) in [5.74, 6) is -0.321. The first-order valence-electron chi connectivity index (χ1n) is 10.8. The normalized spacial score (nSPS) is 17.8. The van der Waals surface area contributed by atoms with E-state index < -0.39 is 10.0 Å². The number of benzene rings is 2. The van der Waals surface area contributed by atoms with Crippen LogP contribution in [0.3, 0.4) is 0 Å². The Bertz CT molecular complexity index is 977. The average Bonchev–Trinajstić information content (AvgIpc) is 3.27. The minimum Gasteiger partial charge on any atom is -0.372 e. The molecule has 1 heterocycles. The molecule has 4 rings (SSSR count). The highest BCUT2D eigenvalue weighted by Crippen LogP contribution is 2.23. The molecule has 2 aliphatic rings. The van der Waals surface area contributed by atoms with Crippen molar-refractivity contribution in [1.29, 1.82) is 0 Å². The van der Waals surface area contributed by atoms with Crippen molar-refractivity contribution in [3.8, 4) is 0 Å². The summed E-state index contributed by atoms with van der Waals surface area (Å²) in [6, 6.07) is 14.0. The largest absolute Gasteiger partial charge is 0.372 e. The summed E-state index contributed by atoms with van der Waals surface area (Å²) in [7, 11) is -3.63. The molecular formula is C23H29N3O3S. The van der Waals surface area contributed by atoms with Crippen LogP contribution in [0.1, 0.15) is 55.3 Å². The summed E-state index contributed by atoms with van der Waals surface area (Å²) in [5, 5.41) is 2.87. The first kappa shape index (κ1) is 20.9. The van der Waals surface area contributed by atoms with E-state index in [1.165, 1.54) is 37.1 Å². The zero-order chi connectivity index (χ0) is 21.0. The molecule has 0 bridgehead atoms. The van der Waals surface area contributed by atoms with Crippen LogP contribution in [0.15, 0.2) is 53.4 Å². The van der Waals surface area contributed by atoms with Gasteiger partial charge in [0.25, 0.3) is 5.91 Å². The van der Waals surface area contributed by atoms with Gasteiger partial charge in [0.2, 0.25) is 10.0 Å². The number of piperidine rings is 1. The van der Waals surface area contributed by atoms with Crippen LogP contribution in [0.5, 0.6) is 0 Å². The number of rotatable bonds is 6. The molecule has 1 saturated heterocycles. The zero-order valence-corrected chi connectivity index (χ0v) is 18.0. The highest BCUT2D eigenvalue weighted by molar-refractivity contribution is 7.89. The fourth-order valence-corrected chi connectivity index (χ4v) is 5.60. The second kappa shape index (κ2) is 9.18. The Morgan fingerprint density at radius 2 is 1.60 bits per heavy atom. The maximum atomic E-state index is 12.7. The first-order chi connectivity index (χ1) is 14.5. The Hall–Kier alpha value is -2.38. The van der Waals surface area contributed by atoms with Crippen LogP contribution in [0.2, 0.25) is 0 Å². The summed E-state index contributed by atoms with van der Waals surface area (Å²) in [6.45, 7) is 2.14. The smallest absolute Gasteiger partial charge is 0.255 e. The van der Waals surface area contributed by atoms with Gasteiger partial charge in [0.05, 0.1) is 4.90 Å². The maximum Gasteiger partial charge on any atom is 0.255 e. The lowest BCUT2D eigenvalue weighted by atomic mass is 10.1. The quantitative estimate of drug-likeness (QED) is 0.726. The van der Waals surface area contributed by atoms with E-state index in [4.69, 9.17) is 0 Å². The van der Waals surface area contributed by atoms with Gasteiger partial charge in [0.15, 0.2) is 0 Å². The van der Waals surface area contributed by atoms with Crippen molar-refractivity contribution in [3.63, 3.8) is 0 Å². The summed E-state index contributed by atoms with van der Waals surface area (Å²) < 4.78 is 28.1. The minimum absolute atomic E-state index is 0.00842. The second-order valence-corrected chi connectivity index (χ2v) is 9.89. The number of hydrogen-bond donors (Lipinski definition) is 2. The molecule has 0 spiro atoms. The van der Waals surface area contributed by atoms with Crippen LogP contribution >= 0.6 is 0 Å². The molecule has 160 valence electrons. The number of sulfonamides is 1. The van der Waals surface area contributed by atoms with E-state index >= 15 is 0 Å². The second-order valence-electron chi connectivity index (χ2n) is 8.18. The van der Waals surface area contributed by atoms with Crippen molar-refractivity contribution in [3.05, 3.63) is 54.1 Å². The summed E-state index contributed by atoms with van der Waals surface area (Å²) in [4.78, 5) is 15.2. The monoisotopic (exact) mass is 427 g/mol. The number of amides is 1. The maximum absolute atomic E-state index is 12.7. The predicted octanol–water partition coefficient (Wildman–Crippen LogP) is 4.15. The van der Waals surface area contributed by atoms with E-state index in [1.54, 1.807) is 12.1 Å². The number of carbonyl (C=O) groups excluding carboxylic acids is 1. The summed E-state index contributed by atoms with van der Waals surface area (Å²) in [5.41, 5.74) is 2.18. The molecule has 2 aromatic carbocycles. The van der Waals surface area contributed by atoms with Crippen LogP contribution in [0.25, 0.3) is 0 Å². The summed E-state index contributed by atoms with van der Waals surface area (Å²) in [6.07, 6.45) is 7.55. The zero-order valence-electron chi connectivity index (χ0n) is 17.1. The van der Waals surface area contributed by atoms with Crippen LogP contribution in [0.4, 0.5) is 11.4 Å². The summed E-state index contributed by atoms with van der Waals surface area (Å²) >= 11 is 0. The van der Waals surface area contributed by atoms with E-state index in [0.29, 0.717) is 11.3 Å². The molecule has 1 saturated carbocycles. The molecule has 1 aliphatic heterocycles. The molecule has 0 aromatic heterocycles. The van der Waals surface area contributed by atoms with Gasteiger partial charge in [0, 0.05) is 36.1 Å². The first-order valence-corrected chi connectivity index (χ1v) is 12.3. The van der Waals surface area contributed by atoms with Gasteiger partial charge in [-0.25, -0.2) is 13.1 Å². The third-order valence-corrected chi connectivity index (χ3v) is 7.45. The lowest BCUT2D eigenvalue weighted by molar-refractivity contribution is 0.102. The lowest BCUT2D eigenvalue weighted by Crippen LogP contribution is -2.32. The number of anilines is 2. The highest BCUT2D eigenvalue weighted by atomic mass is 32.2. The Kier molecular flexibility index (Phi) is 6.39. The Morgan fingerprint density at radius 1 is 0.900 bits per heavy atom. The van der Waals surface area contributed by atoms with Gasteiger partial charge in [-0.3, -0.25) is 4.79 Å². The van der Waals surface area contributed by atoms with Gasteiger partial charge < -0.3 is 10.2 Å². The van der Waals surface area contributed by atoms with Crippen molar-refractivity contribution >= 4 is 27.3 Å². The molecule has 2 aromatic rings. The fourth-order valence-electron chi connectivity index (χ4n) is 4.25. The van der Waals surface area contributed by atoms with Gasteiger partial charge in [-0.05, 0) is 74.6 Å². The van der Waals surface area contributed by atoms with Gasteiger partial charge in [-0.1, -0.05) is 18.9 Å². The minimum atomic E-state index is -3.63. The third kappa shape index (κ3) is 5.02. The van der Waals surface area contributed by atoms with E-state index in [2.05, 4.69) is 14.9 Å². The predicted molar refractivity (Wildman–Crippen MR) is 119 cm³/mol. The molecule has 1 aliphatic carbocycles. The highest BCUT2D eigenvalue weighted by Gasteiger charge is 2.23. The SMILES string of the molecule is O=C(Nc1ccc(N2CCCCC2)cc1)c1cccc(S(=O)(=O)NC2CCCC2)c1. The van der Waals surface area contributed by atoms with Crippen molar-refractivity contribution in [2.75, 3.05) is 23.3 Å². The van der Waals surface area contributed by atoms with Gasteiger partial charge in [-0.15, -0.1) is 0 Å². The molecule has 2 fully saturated rings. The fraction of sp³-hybridized carbons (Fsp3) is 0.435. The number of hydrogen-bond acceptors (Lipinski definition) is 4. The van der Waals surface area contributed by atoms with E-state index in [1.807, 2.05) is 24.3 Å². The van der Waals surface area contributed by atoms with Crippen molar-refractivity contribution in [1.82, 2.24) is 4.72 Å². The number of nitrogens with zero attached hydrogens (tertiary/aromatic N) is 1. The Labute approximate surface area is 178 Å². The van der Waals surface area contributed by atoms with Gasteiger partial charge >= 0.3 is 0 Å². The van der Waals surface area contributed by atoms with Gasteiger partial charge in [0.1, 0.15) is 0 Å². The Morgan fingerprint density at radius 3 is 2.30 bits per heavy atom. The van der Waals surface area contributed by atoms with Crippen molar-refractivity contribution in [2.45, 2.75) is 55.9 Å². The molecule has 0 atom stereocenters. The molecule has 0 radical (unpaired) electrons. The van der Waals surface area contributed by atoms with Gasteiger partial charge in [-0.2, -0.15) is 0 Å². The van der Waals surface area contributed by atoms with E-state index in [-0.39, 0.29) is 16.8 Å². The average molecular weight is 428 g/mol. The molecule has 0 unspecified atom stereocenters. The number of carbonyl (C=O) groups is 1. The van der Waals surface area contributed by atoms with Crippen LogP contribution in [0, 0.1) is 0 Å². The van der Waals surface area contributed by atoms with E-state index in [9.17, 15) is 13.2 Å². The molecule has 6 nitrogen and oxygen atoms in total. The number of nitrogens with one attached hydrogen (secondary N) is 2. The molecule has 1 amide bonds. The molecule has 2 N–H and O–H groups in total. The van der Waals surface area contributed by atoms with Crippen molar-refractivity contribution < 1.29 is 13.2 Å². The van der Waals surface area contributed by atoms with Crippen LogP contribution in [-0.4, -0.2) is 33.5 Å².